The zero-order valence-corrected chi connectivity index (χ0v) is 13.1. The molecule has 7 nitrogen and oxygen atoms in total. The Bertz CT molecular complexity index is 855. The first-order chi connectivity index (χ1) is 11.0. The highest BCUT2D eigenvalue weighted by Gasteiger charge is 2.16. The van der Waals surface area contributed by atoms with Crippen molar-refractivity contribution >= 4 is 16.7 Å². The summed E-state index contributed by atoms with van der Waals surface area (Å²) < 4.78 is 0. The predicted octanol–water partition coefficient (Wildman–Crippen LogP) is 3.16. The van der Waals surface area contributed by atoms with Crippen LogP contribution in [0.4, 0.5) is 5.69 Å². The third kappa shape index (κ3) is 2.78. The van der Waals surface area contributed by atoms with E-state index in [1.54, 1.807) is 18.3 Å². The normalized spacial score (nSPS) is 12.7. The smallest absolute Gasteiger partial charge is 0.269 e. The second-order valence-electron chi connectivity index (χ2n) is 5.67. The number of hydrogen-bond acceptors (Lipinski definition) is 5. The minimum Gasteiger partial charge on any atom is -0.301 e. The number of nitro groups is 1. The Morgan fingerprint density at radius 3 is 2.57 bits per heavy atom. The van der Waals surface area contributed by atoms with Crippen LogP contribution in [-0.2, 0) is 0 Å². The van der Waals surface area contributed by atoms with E-state index in [2.05, 4.69) is 27.0 Å². The van der Waals surface area contributed by atoms with Gasteiger partial charge in [-0.15, -0.1) is 0 Å². The van der Waals surface area contributed by atoms with Crippen LogP contribution in [0.25, 0.3) is 22.2 Å². The third-order valence-electron chi connectivity index (χ3n) is 4.03. The molecule has 0 saturated heterocycles. The summed E-state index contributed by atoms with van der Waals surface area (Å²) in [6.07, 6.45) is 1.73. The molecular formula is C16H17N5O2. The van der Waals surface area contributed by atoms with E-state index in [0.29, 0.717) is 5.65 Å². The average Bonchev–Trinajstić information content (AvgIpc) is 3.01. The standard InChI is InChI=1S/C16H17N5O2/c1-10(20(2)3)15-8-13(14-9-17-19-16(14)18-15)11-4-6-12(7-5-11)21(22)23/h4-10H,1-3H3,(H,17,18,19). The first-order valence-electron chi connectivity index (χ1n) is 7.22. The average molecular weight is 311 g/mol. The van der Waals surface area contributed by atoms with Crippen molar-refractivity contribution in [2.45, 2.75) is 13.0 Å². The van der Waals surface area contributed by atoms with Gasteiger partial charge in [0.2, 0.25) is 0 Å². The van der Waals surface area contributed by atoms with Crippen molar-refractivity contribution in [2.24, 2.45) is 0 Å². The van der Waals surface area contributed by atoms with E-state index in [1.165, 1.54) is 12.1 Å². The first kappa shape index (κ1) is 15.1. The molecule has 2 heterocycles. The van der Waals surface area contributed by atoms with Crippen molar-refractivity contribution in [2.75, 3.05) is 14.1 Å². The zero-order chi connectivity index (χ0) is 16.6. The summed E-state index contributed by atoms with van der Waals surface area (Å²) in [7, 11) is 3.99. The van der Waals surface area contributed by atoms with E-state index >= 15 is 0 Å². The highest BCUT2D eigenvalue weighted by Crippen LogP contribution is 2.31. The lowest BCUT2D eigenvalue weighted by Crippen LogP contribution is -2.18. The number of fused-ring (bicyclic) bond motifs is 1. The molecule has 23 heavy (non-hydrogen) atoms. The van der Waals surface area contributed by atoms with Crippen LogP contribution in [0.3, 0.4) is 0 Å². The minimum absolute atomic E-state index is 0.0770. The van der Waals surface area contributed by atoms with Crippen LogP contribution in [0.1, 0.15) is 18.7 Å². The van der Waals surface area contributed by atoms with Crippen LogP contribution in [0, 0.1) is 10.1 Å². The molecule has 1 N–H and O–H groups in total. The molecule has 1 atom stereocenters. The topological polar surface area (TPSA) is 87.9 Å². The number of hydrogen-bond donors (Lipinski definition) is 1. The van der Waals surface area contributed by atoms with Crippen LogP contribution in [-0.4, -0.2) is 39.1 Å². The number of nitrogens with one attached hydrogen (secondary N) is 1. The second-order valence-corrected chi connectivity index (χ2v) is 5.67. The fourth-order valence-corrected chi connectivity index (χ4v) is 2.43. The molecule has 0 saturated carbocycles. The molecule has 0 aliphatic heterocycles. The number of nitro benzene ring substituents is 1. The Labute approximate surface area is 133 Å². The van der Waals surface area contributed by atoms with Crippen molar-refractivity contribution in [3.63, 3.8) is 0 Å². The maximum atomic E-state index is 10.8. The minimum atomic E-state index is -0.399. The van der Waals surface area contributed by atoms with Crippen LogP contribution >= 0.6 is 0 Å². The Kier molecular flexibility index (Phi) is 3.79. The lowest BCUT2D eigenvalue weighted by molar-refractivity contribution is -0.384. The van der Waals surface area contributed by atoms with Crippen LogP contribution in [0.15, 0.2) is 36.5 Å². The fourth-order valence-electron chi connectivity index (χ4n) is 2.43. The summed E-state index contributed by atoms with van der Waals surface area (Å²) in [5.41, 5.74) is 3.57. The zero-order valence-electron chi connectivity index (χ0n) is 13.1. The maximum absolute atomic E-state index is 10.8. The van der Waals surface area contributed by atoms with Gasteiger partial charge in [-0.1, -0.05) is 0 Å². The molecule has 0 radical (unpaired) electrons. The van der Waals surface area contributed by atoms with Gasteiger partial charge < -0.3 is 4.90 Å². The second kappa shape index (κ2) is 5.77. The quantitative estimate of drug-likeness (QED) is 0.590. The molecule has 2 aromatic heterocycles. The van der Waals surface area contributed by atoms with Crippen LogP contribution < -0.4 is 0 Å². The highest BCUT2D eigenvalue weighted by atomic mass is 16.6. The summed E-state index contributed by atoms with van der Waals surface area (Å²) >= 11 is 0. The molecule has 118 valence electrons. The van der Waals surface area contributed by atoms with Gasteiger partial charge in [-0.05, 0) is 50.3 Å². The number of H-pyrrole nitrogens is 1. The summed E-state index contributed by atoms with van der Waals surface area (Å²) in [5, 5.41) is 18.7. The molecule has 0 amide bonds. The first-order valence-corrected chi connectivity index (χ1v) is 7.22. The lowest BCUT2D eigenvalue weighted by atomic mass is 10.0. The molecular weight excluding hydrogens is 294 g/mol. The van der Waals surface area contributed by atoms with Gasteiger partial charge in [-0.3, -0.25) is 15.2 Å². The van der Waals surface area contributed by atoms with Gasteiger partial charge in [-0.2, -0.15) is 5.10 Å². The SMILES string of the molecule is CC(c1cc(-c2ccc([N+](=O)[O-])cc2)c2cn[nH]c2n1)N(C)C. The van der Waals surface area contributed by atoms with Gasteiger partial charge in [0.25, 0.3) is 5.69 Å². The van der Waals surface area contributed by atoms with E-state index in [0.717, 1.165) is 22.2 Å². The Hall–Kier alpha value is -2.80. The third-order valence-corrected chi connectivity index (χ3v) is 4.03. The van der Waals surface area contributed by atoms with E-state index < -0.39 is 4.92 Å². The molecule has 0 bridgehead atoms. The molecule has 3 rings (SSSR count). The summed E-state index contributed by atoms with van der Waals surface area (Å²) in [6, 6.07) is 8.69. The van der Waals surface area contributed by atoms with Gasteiger partial charge in [-0.25, -0.2) is 4.98 Å². The van der Waals surface area contributed by atoms with Crippen molar-refractivity contribution in [3.8, 4) is 11.1 Å². The van der Waals surface area contributed by atoms with Gasteiger partial charge >= 0.3 is 0 Å². The summed E-state index contributed by atoms with van der Waals surface area (Å²) in [4.78, 5) is 17.1. The molecule has 0 spiro atoms. The number of aromatic nitrogens is 3. The fraction of sp³-hybridized carbons (Fsp3) is 0.250. The highest BCUT2D eigenvalue weighted by molar-refractivity contribution is 5.92. The molecule has 7 heteroatoms. The molecule has 1 aromatic carbocycles. The molecule has 3 aromatic rings. The van der Waals surface area contributed by atoms with Crippen molar-refractivity contribution in [1.82, 2.24) is 20.1 Å². The van der Waals surface area contributed by atoms with E-state index in [-0.39, 0.29) is 11.7 Å². The van der Waals surface area contributed by atoms with E-state index in [1.807, 2.05) is 20.2 Å². The predicted molar refractivity (Wildman–Crippen MR) is 88.1 cm³/mol. The number of pyridine rings is 1. The summed E-state index contributed by atoms with van der Waals surface area (Å²) in [5.74, 6) is 0. The Morgan fingerprint density at radius 2 is 1.96 bits per heavy atom. The Morgan fingerprint density at radius 1 is 1.26 bits per heavy atom. The van der Waals surface area contributed by atoms with Crippen LogP contribution in [0.5, 0.6) is 0 Å². The van der Waals surface area contributed by atoms with Gasteiger partial charge in [0.15, 0.2) is 5.65 Å². The monoisotopic (exact) mass is 311 g/mol. The number of non-ortho nitro benzene ring substituents is 1. The lowest BCUT2D eigenvalue weighted by Gasteiger charge is -2.20. The van der Waals surface area contributed by atoms with Gasteiger partial charge in [0.1, 0.15) is 0 Å². The molecule has 0 aliphatic rings. The maximum Gasteiger partial charge on any atom is 0.269 e. The van der Waals surface area contributed by atoms with Crippen molar-refractivity contribution in [1.29, 1.82) is 0 Å². The number of rotatable bonds is 4. The Balaban J connectivity index is 2.15. The molecule has 0 fully saturated rings. The van der Waals surface area contributed by atoms with E-state index in [4.69, 9.17) is 0 Å². The molecule has 0 aliphatic carbocycles. The van der Waals surface area contributed by atoms with Crippen molar-refractivity contribution in [3.05, 3.63) is 52.3 Å². The number of benzene rings is 1. The van der Waals surface area contributed by atoms with Gasteiger partial charge in [0.05, 0.1) is 16.8 Å². The number of nitrogens with zero attached hydrogens (tertiary/aromatic N) is 4. The number of aromatic amines is 1. The van der Waals surface area contributed by atoms with Crippen molar-refractivity contribution < 1.29 is 4.92 Å². The van der Waals surface area contributed by atoms with Crippen LogP contribution in [0.2, 0.25) is 0 Å². The van der Waals surface area contributed by atoms with Gasteiger partial charge in [0, 0.05) is 23.6 Å². The largest absolute Gasteiger partial charge is 0.301 e. The molecule has 1 unspecified atom stereocenters. The summed E-state index contributed by atoms with van der Waals surface area (Å²) in [6.45, 7) is 2.07. The van der Waals surface area contributed by atoms with E-state index in [9.17, 15) is 10.1 Å².